The van der Waals surface area contributed by atoms with Gasteiger partial charge in [-0.25, -0.2) is 0 Å². The Bertz CT molecular complexity index is 685. The summed E-state index contributed by atoms with van der Waals surface area (Å²) in [6, 6.07) is 7.09. The number of carbonyl (C=O) groups excluding carboxylic acids is 1. The first-order chi connectivity index (χ1) is 12.8. The van der Waals surface area contributed by atoms with Crippen molar-refractivity contribution >= 4 is 24.0 Å². The highest BCUT2D eigenvalue weighted by atomic mass is 35.5. The van der Waals surface area contributed by atoms with Gasteiger partial charge < -0.3 is 15.4 Å². The summed E-state index contributed by atoms with van der Waals surface area (Å²) < 4.78 is 6.29. The maximum absolute atomic E-state index is 12.5. The predicted molar refractivity (Wildman–Crippen MR) is 110 cm³/mol. The molecule has 5 heteroatoms. The molecule has 4 aliphatic rings. The summed E-state index contributed by atoms with van der Waals surface area (Å²) in [5.41, 5.74) is 3.17. The van der Waals surface area contributed by atoms with E-state index in [4.69, 9.17) is 4.74 Å². The first kappa shape index (κ1) is 19.1. The largest absolute Gasteiger partial charge is 0.381 e. The van der Waals surface area contributed by atoms with Crippen molar-refractivity contribution in [1.29, 1.82) is 0 Å². The number of hydrogen-bond acceptors (Lipinski definition) is 3. The minimum absolute atomic E-state index is 0. The number of fused-ring (bicyclic) bond motifs is 3. The van der Waals surface area contributed by atoms with Gasteiger partial charge in [0.2, 0.25) is 0 Å². The van der Waals surface area contributed by atoms with Gasteiger partial charge in [-0.05, 0) is 62.6 Å². The highest BCUT2D eigenvalue weighted by molar-refractivity contribution is 5.95. The molecule has 27 heavy (non-hydrogen) atoms. The van der Waals surface area contributed by atoms with Crippen molar-refractivity contribution < 1.29 is 9.53 Å². The van der Waals surface area contributed by atoms with E-state index >= 15 is 0 Å². The minimum Gasteiger partial charge on any atom is -0.381 e. The lowest BCUT2D eigenvalue weighted by Crippen LogP contribution is -2.46. The van der Waals surface area contributed by atoms with Crippen LogP contribution in [0, 0.1) is 11.8 Å². The number of benzene rings is 1. The maximum atomic E-state index is 12.5. The Kier molecular flexibility index (Phi) is 5.65. The molecular formula is C22H31ClN2O2. The number of hydrogen-bond donors (Lipinski definition) is 2. The standard InChI is InChI=1S/C22H30N2O2.ClH/c25-22(23-16-9-10-16)15-8-11-19-18(13-15)21-17(7-4-12-26-21)20(24-19)14-5-2-1-3-6-14;/h8,11,13-14,16-17,20-21,24H,1-7,9-10,12H2,(H,23,25);1H/t17-,20-,21-;/m0./s1. The van der Waals surface area contributed by atoms with Crippen LogP contribution in [0.3, 0.4) is 0 Å². The van der Waals surface area contributed by atoms with Crippen molar-refractivity contribution in [3.05, 3.63) is 29.3 Å². The molecule has 2 aliphatic heterocycles. The molecule has 2 N–H and O–H groups in total. The summed E-state index contributed by atoms with van der Waals surface area (Å²) in [7, 11) is 0. The second kappa shape index (κ2) is 8.00. The Morgan fingerprint density at radius 3 is 2.63 bits per heavy atom. The van der Waals surface area contributed by atoms with E-state index in [-0.39, 0.29) is 24.4 Å². The molecule has 1 aromatic rings. The van der Waals surface area contributed by atoms with Crippen molar-refractivity contribution in [3.63, 3.8) is 0 Å². The van der Waals surface area contributed by atoms with Gasteiger partial charge >= 0.3 is 0 Å². The summed E-state index contributed by atoms with van der Waals surface area (Å²) in [6.07, 6.45) is 11.6. The number of ether oxygens (including phenoxy) is 1. The Hall–Kier alpha value is -1.26. The van der Waals surface area contributed by atoms with E-state index in [1.807, 2.05) is 6.07 Å². The highest BCUT2D eigenvalue weighted by Gasteiger charge is 2.42. The smallest absolute Gasteiger partial charge is 0.251 e. The lowest BCUT2D eigenvalue weighted by molar-refractivity contribution is -0.0458. The van der Waals surface area contributed by atoms with Crippen LogP contribution in [0.1, 0.15) is 79.8 Å². The van der Waals surface area contributed by atoms with Crippen LogP contribution in [0.5, 0.6) is 0 Å². The van der Waals surface area contributed by atoms with Gasteiger partial charge in [0.25, 0.3) is 5.91 Å². The minimum atomic E-state index is 0. The third-order valence-electron chi connectivity index (χ3n) is 6.84. The second-order valence-corrected chi connectivity index (χ2v) is 8.72. The molecule has 0 aromatic heterocycles. The maximum Gasteiger partial charge on any atom is 0.251 e. The highest BCUT2D eigenvalue weighted by Crippen LogP contribution is 2.47. The second-order valence-electron chi connectivity index (χ2n) is 8.72. The van der Waals surface area contributed by atoms with E-state index in [2.05, 4.69) is 22.8 Å². The molecular weight excluding hydrogens is 360 g/mol. The van der Waals surface area contributed by atoms with Crippen LogP contribution in [0.2, 0.25) is 0 Å². The zero-order valence-corrected chi connectivity index (χ0v) is 16.7. The van der Waals surface area contributed by atoms with E-state index in [1.165, 1.54) is 49.8 Å². The first-order valence-electron chi connectivity index (χ1n) is 10.6. The van der Waals surface area contributed by atoms with Gasteiger partial charge in [-0.2, -0.15) is 0 Å². The molecule has 2 heterocycles. The SMILES string of the molecule is Cl.O=C(NC1CC1)c1ccc2c(c1)[C@H]1OCCC[C@H]1[C@H](C1CCCCC1)N2. The Morgan fingerprint density at radius 2 is 1.85 bits per heavy atom. The molecule has 5 rings (SSSR count). The molecule has 148 valence electrons. The number of rotatable bonds is 3. The van der Waals surface area contributed by atoms with Crippen molar-refractivity contribution in [2.45, 2.75) is 76.0 Å². The molecule has 1 aromatic carbocycles. The molecule has 0 unspecified atom stereocenters. The number of carbonyl (C=O) groups is 1. The molecule has 3 atom stereocenters. The zero-order chi connectivity index (χ0) is 17.5. The quantitative estimate of drug-likeness (QED) is 0.776. The van der Waals surface area contributed by atoms with Gasteiger partial charge in [0.05, 0.1) is 6.10 Å². The van der Waals surface area contributed by atoms with Gasteiger partial charge in [-0.3, -0.25) is 4.79 Å². The fourth-order valence-corrected chi connectivity index (χ4v) is 5.31. The van der Waals surface area contributed by atoms with Crippen LogP contribution in [-0.4, -0.2) is 24.6 Å². The van der Waals surface area contributed by atoms with Crippen LogP contribution in [0.4, 0.5) is 5.69 Å². The lowest BCUT2D eigenvalue weighted by atomic mass is 9.71. The Morgan fingerprint density at radius 1 is 1.04 bits per heavy atom. The van der Waals surface area contributed by atoms with Crippen molar-refractivity contribution in [1.82, 2.24) is 5.32 Å². The van der Waals surface area contributed by atoms with E-state index in [1.54, 1.807) is 0 Å². The topological polar surface area (TPSA) is 50.4 Å². The van der Waals surface area contributed by atoms with Gasteiger partial charge in [0.1, 0.15) is 0 Å². The average molecular weight is 391 g/mol. The van der Waals surface area contributed by atoms with Gasteiger partial charge in [-0.1, -0.05) is 19.3 Å². The summed E-state index contributed by atoms with van der Waals surface area (Å²) in [6.45, 7) is 0.844. The molecule has 0 radical (unpaired) electrons. The third kappa shape index (κ3) is 3.84. The molecule has 1 amide bonds. The van der Waals surface area contributed by atoms with Crippen LogP contribution in [0.25, 0.3) is 0 Å². The van der Waals surface area contributed by atoms with E-state index in [0.717, 1.165) is 37.4 Å². The number of nitrogens with one attached hydrogen (secondary N) is 2. The normalized spacial score (nSPS) is 30.3. The summed E-state index contributed by atoms with van der Waals surface area (Å²) in [4.78, 5) is 12.5. The van der Waals surface area contributed by atoms with Crippen molar-refractivity contribution in [2.75, 3.05) is 11.9 Å². The number of amides is 1. The van der Waals surface area contributed by atoms with Gasteiger partial charge in [0, 0.05) is 41.4 Å². The van der Waals surface area contributed by atoms with E-state index in [0.29, 0.717) is 18.0 Å². The van der Waals surface area contributed by atoms with E-state index in [9.17, 15) is 4.79 Å². The number of halogens is 1. The van der Waals surface area contributed by atoms with Crippen molar-refractivity contribution in [2.24, 2.45) is 11.8 Å². The Balaban J connectivity index is 0.00000180. The number of anilines is 1. The average Bonchev–Trinajstić information content (AvgIpc) is 3.51. The molecule has 1 saturated heterocycles. The first-order valence-corrected chi connectivity index (χ1v) is 10.6. The van der Waals surface area contributed by atoms with Crippen molar-refractivity contribution in [3.8, 4) is 0 Å². The monoisotopic (exact) mass is 390 g/mol. The summed E-state index contributed by atoms with van der Waals surface area (Å²) in [5, 5.41) is 6.98. The zero-order valence-electron chi connectivity index (χ0n) is 15.9. The molecule has 0 spiro atoms. The van der Waals surface area contributed by atoms with Gasteiger partial charge in [0.15, 0.2) is 0 Å². The molecule has 3 fully saturated rings. The summed E-state index contributed by atoms with van der Waals surface area (Å²) in [5.74, 6) is 1.38. The molecule has 0 bridgehead atoms. The predicted octanol–water partition coefficient (Wildman–Crippen LogP) is 4.84. The molecule has 2 saturated carbocycles. The molecule has 4 nitrogen and oxygen atoms in total. The Labute approximate surface area is 168 Å². The summed E-state index contributed by atoms with van der Waals surface area (Å²) >= 11 is 0. The molecule has 2 aliphatic carbocycles. The third-order valence-corrected chi connectivity index (χ3v) is 6.84. The van der Waals surface area contributed by atoms with Crippen LogP contribution in [0.15, 0.2) is 18.2 Å². The fraction of sp³-hybridized carbons (Fsp3) is 0.682. The lowest BCUT2D eigenvalue weighted by Gasteiger charge is -2.47. The van der Waals surface area contributed by atoms with Crippen LogP contribution >= 0.6 is 12.4 Å². The van der Waals surface area contributed by atoms with Crippen LogP contribution in [-0.2, 0) is 4.74 Å². The fourth-order valence-electron chi connectivity index (χ4n) is 5.31. The van der Waals surface area contributed by atoms with E-state index < -0.39 is 0 Å². The van der Waals surface area contributed by atoms with Crippen LogP contribution < -0.4 is 10.6 Å². The van der Waals surface area contributed by atoms with Gasteiger partial charge in [-0.15, -0.1) is 12.4 Å².